The molecule has 0 atom stereocenters. The first-order chi connectivity index (χ1) is 11.6. The molecule has 2 saturated heterocycles. The van der Waals surface area contributed by atoms with Gasteiger partial charge in [-0.15, -0.1) is 0 Å². The molecule has 2 fully saturated rings. The summed E-state index contributed by atoms with van der Waals surface area (Å²) in [4.78, 5) is 30.9. The maximum Gasteiger partial charge on any atom is 0.317 e. The van der Waals surface area contributed by atoms with Crippen LogP contribution in [0.5, 0.6) is 0 Å². The van der Waals surface area contributed by atoms with Gasteiger partial charge in [0.2, 0.25) is 0 Å². The number of rotatable bonds is 4. The second kappa shape index (κ2) is 7.07. The SMILES string of the molecule is O=C(O)CCNC(=O)N1CCC2(CC1)CCN(c1ccncc1)C2. The monoisotopic (exact) mass is 332 g/mol. The average Bonchev–Trinajstić information content (AvgIpc) is 3.00. The molecule has 2 aliphatic rings. The van der Waals surface area contributed by atoms with E-state index in [1.165, 1.54) is 5.69 Å². The molecule has 1 aromatic rings. The van der Waals surface area contributed by atoms with Crippen LogP contribution in [0, 0.1) is 5.41 Å². The molecule has 0 radical (unpaired) electrons. The minimum atomic E-state index is -0.893. The number of pyridine rings is 1. The van der Waals surface area contributed by atoms with E-state index in [1.807, 2.05) is 29.4 Å². The number of aromatic nitrogens is 1. The van der Waals surface area contributed by atoms with Crippen molar-refractivity contribution in [3.8, 4) is 0 Å². The van der Waals surface area contributed by atoms with E-state index < -0.39 is 5.97 Å². The van der Waals surface area contributed by atoms with Crippen molar-refractivity contribution in [3.05, 3.63) is 24.5 Å². The minimum absolute atomic E-state index is 0.0373. The summed E-state index contributed by atoms with van der Waals surface area (Å²) in [5, 5.41) is 11.3. The number of piperidine rings is 1. The number of likely N-dealkylation sites (tertiary alicyclic amines) is 1. The van der Waals surface area contributed by atoms with Gasteiger partial charge in [0.15, 0.2) is 0 Å². The molecule has 24 heavy (non-hydrogen) atoms. The van der Waals surface area contributed by atoms with Crippen LogP contribution in [0.2, 0.25) is 0 Å². The number of anilines is 1. The van der Waals surface area contributed by atoms with Crippen LogP contribution in [-0.2, 0) is 4.79 Å². The molecule has 7 nitrogen and oxygen atoms in total. The van der Waals surface area contributed by atoms with Crippen LogP contribution in [0.1, 0.15) is 25.7 Å². The van der Waals surface area contributed by atoms with Gasteiger partial charge in [-0.1, -0.05) is 0 Å². The number of nitrogens with zero attached hydrogens (tertiary/aromatic N) is 3. The summed E-state index contributed by atoms with van der Waals surface area (Å²) in [5.41, 5.74) is 1.51. The topological polar surface area (TPSA) is 85.8 Å². The maximum atomic E-state index is 12.1. The molecule has 3 heterocycles. The van der Waals surface area contributed by atoms with Gasteiger partial charge in [-0.05, 0) is 36.8 Å². The van der Waals surface area contributed by atoms with Crippen molar-refractivity contribution in [3.63, 3.8) is 0 Å². The number of carboxylic acids is 1. The summed E-state index contributed by atoms with van der Waals surface area (Å²) >= 11 is 0. The first-order valence-electron chi connectivity index (χ1n) is 8.48. The number of nitrogens with one attached hydrogen (secondary N) is 1. The van der Waals surface area contributed by atoms with Crippen LogP contribution in [-0.4, -0.2) is 59.7 Å². The van der Waals surface area contributed by atoms with E-state index in [0.717, 1.165) is 45.4 Å². The van der Waals surface area contributed by atoms with E-state index in [2.05, 4.69) is 15.2 Å². The zero-order valence-electron chi connectivity index (χ0n) is 13.8. The van der Waals surface area contributed by atoms with Gasteiger partial charge in [0.25, 0.3) is 0 Å². The van der Waals surface area contributed by atoms with E-state index in [4.69, 9.17) is 5.11 Å². The number of carbonyl (C=O) groups excluding carboxylic acids is 1. The molecule has 1 aromatic heterocycles. The molecule has 2 amide bonds. The Morgan fingerprint density at radius 2 is 1.83 bits per heavy atom. The molecule has 0 aliphatic carbocycles. The molecule has 1 spiro atoms. The first-order valence-corrected chi connectivity index (χ1v) is 8.48. The summed E-state index contributed by atoms with van der Waals surface area (Å²) in [6, 6.07) is 3.95. The number of carboxylic acid groups (broad SMARTS) is 1. The molecule has 0 saturated carbocycles. The fourth-order valence-electron chi connectivity index (χ4n) is 3.69. The van der Waals surface area contributed by atoms with Crippen LogP contribution in [0.4, 0.5) is 10.5 Å². The van der Waals surface area contributed by atoms with E-state index in [1.54, 1.807) is 0 Å². The number of hydrogen-bond acceptors (Lipinski definition) is 4. The van der Waals surface area contributed by atoms with Crippen LogP contribution in [0.25, 0.3) is 0 Å². The highest BCUT2D eigenvalue weighted by Gasteiger charge is 2.41. The van der Waals surface area contributed by atoms with Crippen LogP contribution < -0.4 is 10.2 Å². The van der Waals surface area contributed by atoms with E-state index in [9.17, 15) is 9.59 Å². The second-order valence-electron chi connectivity index (χ2n) is 6.74. The predicted octanol–water partition coefficient (Wildman–Crippen LogP) is 1.56. The maximum absolute atomic E-state index is 12.1. The lowest BCUT2D eigenvalue weighted by molar-refractivity contribution is -0.136. The number of urea groups is 1. The van der Waals surface area contributed by atoms with Gasteiger partial charge in [-0.3, -0.25) is 9.78 Å². The Labute approximate surface area is 141 Å². The Morgan fingerprint density at radius 3 is 2.50 bits per heavy atom. The standard InChI is InChI=1S/C17H24N4O3/c22-15(23)3-9-19-16(24)20-10-4-17(5-11-20)6-12-21(13-17)14-1-7-18-8-2-14/h1-2,7-8H,3-6,9-13H2,(H,19,24)(H,22,23). The zero-order chi connectivity index (χ0) is 17.0. The minimum Gasteiger partial charge on any atom is -0.481 e. The third-order valence-corrected chi connectivity index (χ3v) is 5.19. The molecule has 3 rings (SSSR count). The molecule has 0 aromatic carbocycles. The third-order valence-electron chi connectivity index (χ3n) is 5.19. The first kappa shape index (κ1) is 16.5. The number of carbonyl (C=O) groups is 2. The Bertz CT molecular complexity index is 585. The highest BCUT2D eigenvalue weighted by molar-refractivity contribution is 5.75. The normalized spacial score (nSPS) is 19.5. The highest BCUT2D eigenvalue weighted by Crippen LogP contribution is 2.41. The van der Waals surface area contributed by atoms with Crippen LogP contribution >= 0.6 is 0 Å². The van der Waals surface area contributed by atoms with E-state index in [-0.39, 0.29) is 19.0 Å². The summed E-state index contributed by atoms with van der Waals surface area (Å²) in [7, 11) is 0. The largest absolute Gasteiger partial charge is 0.481 e. The van der Waals surface area contributed by atoms with Crippen LogP contribution in [0.3, 0.4) is 0 Å². The third kappa shape index (κ3) is 3.77. The van der Waals surface area contributed by atoms with Gasteiger partial charge < -0.3 is 20.2 Å². The second-order valence-corrected chi connectivity index (χ2v) is 6.74. The van der Waals surface area contributed by atoms with Crippen LogP contribution in [0.15, 0.2) is 24.5 Å². The Kier molecular flexibility index (Phi) is 4.87. The number of amides is 2. The average molecular weight is 332 g/mol. The smallest absolute Gasteiger partial charge is 0.317 e. The molecule has 130 valence electrons. The summed E-state index contributed by atoms with van der Waals surface area (Å²) in [5.74, 6) is -0.893. The van der Waals surface area contributed by atoms with Crippen molar-refractivity contribution < 1.29 is 14.7 Å². The van der Waals surface area contributed by atoms with Gasteiger partial charge in [0.1, 0.15) is 0 Å². The van der Waals surface area contributed by atoms with Crippen molar-refractivity contribution in [2.24, 2.45) is 5.41 Å². The highest BCUT2D eigenvalue weighted by atomic mass is 16.4. The van der Waals surface area contributed by atoms with Crippen molar-refractivity contribution in [1.82, 2.24) is 15.2 Å². The van der Waals surface area contributed by atoms with Gasteiger partial charge in [0, 0.05) is 50.8 Å². The number of hydrogen-bond donors (Lipinski definition) is 2. The fraction of sp³-hybridized carbons (Fsp3) is 0.588. The van der Waals surface area contributed by atoms with E-state index >= 15 is 0 Å². The Morgan fingerprint density at radius 1 is 1.17 bits per heavy atom. The predicted molar refractivity (Wildman–Crippen MR) is 90.0 cm³/mol. The molecule has 2 N–H and O–H groups in total. The lowest BCUT2D eigenvalue weighted by atomic mass is 9.78. The summed E-state index contributed by atoms with van der Waals surface area (Å²) in [6.07, 6.45) is 6.77. The molecular weight excluding hydrogens is 308 g/mol. The molecular formula is C17H24N4O3. The fourth-order valence-corrected chi connectivity index (χ4v) is 3.69. The van der Waals surface area contributed by atoms with Crippen molar-refractivity contribution in [2.45, 2.75) is 25.7 Å². The molecule has 7 heteroatoms. The summed E-state index contributed by atoms with van der Waals surface area (Å²) < 4.78 is 0. The lowest BCUT2D eigenvalue weighted by Gasteiger charge is -2.39. The molecule has 0 unspecified atom stereocenters. The Balaban J connectivity index is 1.48. The molecule has 2 aliphatic heterocycles. The zero-order valence-corrected chi connectivity index (χ0v) is 13.8. The van der Waals surface area contributed by atoms with Crippen molar-refractivity contribution >= 4 is 17.7 Å². The summed E-state index contributed by atoms with van der Waals surface area (Å²) in [6.45, 7) is 3.75. The van der Waals surface area contributed by atoms with Crippen molar-refractivity contribution in [1.29, 1.82) is 0 Å². The van der Waals surface area contributed by atoms with Gasteiger partial charge >= 0.3 is 12.0 Å². The van der Waals surface area contributed by atoms with Gasteiger partial charge in [-0.2, -0.15) is 0 Å². The van der Waals surface area contributed by atoms with Gasteiger partial charge in [0.05, 0.1) is 6.42 Å². The quantitative estimate of drug-likeness (QED) is 0.874. The van der Waals surface area contributed by atoms with E-state index in [0.29, 0.717) is 5.41 Å². The number of aliphatic carboxylic acids is 1. The molecule has 0 bridgehead atoms. The Hall–Kier alpha value is -2.31. The lowest BCUT2D eigenvalue weighted by Crippen LogP contribution is -2.48. The van der Waals surface area contributed by atoms with Crippen molar-refractivity contribution in [2.75, 3.05) is 37.6 Å². The van der Waals surface area contributed by atoms with Gasteiger partial charge in [-0.25, -0.2) is 4.79 Å².